The number of fused-ring (bicyclic) bond motifs is 1. The number of oxazole rings is 1. The molecular formula is C22H26N2O5S. The molecule has 0 saturated heterocycles. The first kappa shape index (κ1) is 22.0. The zero-order valence-corrected chi connectivity index (χ0v) is 18.6. The second-order valence-corrected chi connectivity index (χ2v) is 9.92. The lowest BCUT2D eigenvalue weighted by Crippen LogP contribution is -2.26. The van der Waals surface area contributed by atoms with E-state index >= 15 is 0 Å². The lowest BCUT2D eigenvalue weighted by Gasteiger charge is -2.18. The minimum Gasteiger partial charge on any atom is -0.465 e. The van der Waals surface area contributed by atoms with Crippen molar-refractivity contribution in [2.45, 2.75) is 44.4 Å². The fraction of sp³-hybridized carbons (Fsp3) is 0.364. The van der Waals surface area contributed by atoms with Crippen LogP contribution in [-0.2, 0) is 26.6 Å². The fourth-order valence-electron chi connectivity index (χ4n) is 3.02. The predicted octanol–water partition coefficient (Wildman–Crippen LogP) is 3.74. The number of nitrogens with one attached hydrogen (secondary N) is 1. The summed E-state index contributed by atoms with van der Waals surface area (Å²) in [6, 6.07) is 10.2. The van der Waals surface area contributed by atoms with Crippen LogP contribution in [0.1, 0.15) is 48.1 Å². The van der Waals surface area contributed by atoms with Gasteiger partial charge in [-0.1, -0.05) is 32.9 Å². The third-order valence-corrected chi connectivity index (χ3v) is 6.31. The molecule has 3 aromatic rings. The van der Waals surface area contributed by atoms with Gasteiger partial charge in [0.1, 0.15) is 5.52 Å². The average Bonchev–Trinajstić information content (AvgIpc) is 3.08. The van der Waals surface area contributed by atoms with Crippen LogP contribution in [0.15, 0.2) is 45.7 Å². The fourth-order valence-corrected chi connectivity index (χ4v) is 4.08. The van der Waals surface area contributed by atoms with E-state index in [1.165, 1.54) is 19.2 Å². The number of benzene rings is 2. The maximum absolute atomic E-state index is 12.6. The molecule has 0 aliphatic carbocycles. The molecule has 0 radical (unpaired) electrons. The molecule has 2 aromatic carbocycles. The van der Waals surface area contributed by atoms with Crippen LogP contribution in [0, 0.1) is 6.92 Å². The van der Waals surface area contributed by atoms with Gasteiger partial charge in [-0.2, -0.15) is 0 Å². The van der Waals surface area contributed by atoms with Gasteiger partial charge >= 0.3 is 5.97 Å². The first-order chi connectivity index (χ1) is 14.0. The summed E-state index contributed by atoms with van der Waals surface area (Å²) >= 11 is 0. The summed E-state index contributed by atoms with van der Waals surface area (Å²) in [5.41, 5.74) is 3.43. The van der Waals surface area contributed by atoms with Crippen molar-refractivity contribution in [2.24, 2.45) is 0 Å². The molecule has 30 heavy (non-hydrogen) atoms. The number of nitrogens with zero attached hydrogens (tertiary/aromatic N) is 1. The molecular weight excluding hydrogens is 404 g/mol. The number of carbonyl (C=O) groups is 1. The minimum absolute atomic E-state index is 0.0000271. The molecule has 0 fully saturated rings. The Balaban J connectivity index is 1.72. The van der Waals surface area contributed by atoms with Gasteiger partial charge in [-0.3, -0.25) is 0 Å². The van der Waals surface area contributed by atoms with E-state index in [2.05, 4.69) is 30.5 Å². The van der Waals surface area contributed by atoms with Crippen LogP contribution in [0.4, 0.5) is 0 Å². The van der Waals surface area contributed by atoms with Crippen molar-refractivity contribution in [3.63, 3.8) is 0 Å². The molecule has 0 amide bonds. The Hall–Kier alpha value is -2.71. The molecule has 0 bridgehead atoms. The van der Waals surface area contributed by atoms with Gasteiger partial charge in [0.15, 0.2) is 11.5 Å². The van der Waals surface area contributed by atoms with Crippen molar-refractivity contribution in [1.29, 1.82) is 0 Å². The third kappa shape index (κ3) is 4.71. The Morgan fingerprint density at radius 1 is 1.17 bits per heavy atom. The number of aryl methyl sites for hydroxylation is 1. The van der Waals surface area contributed by atoms with Gasteiger partial charge in [-0.15, -0.1) is 0 Å². The summed E-state index contributed by atoms with van der Waals surface area (Å²) in [5.74, 6) is -0.122. The molecule has 0 aliphatic rings. The number of methoxy groups -OCH3 is 1. The Labute approximate surface area is 176 Å². The van der Waals surface area contributed by atoms with Crippen LogP contribution < -0.4 is 4.72 Å². The number of hydrogen-bond acceptors (Lipinski definition) is 6. The molecule has 0 atom stereocenters. The third-order valence-electron chi connectivity index (χ3n) is 4.85. The monoisotopic (exact) mass is 430 g/mol. The van der Waals surface area contributed by atoms with Gasteiger partial charge in [-0.25, -0.2) is 22.9 Å². The lowest BCUT2D eigenvalue weighted by atomic mass is 9.87. The minimum atomic E-state index is -3.79. The van der Waals surface area contributed by atoms with Crippen molar-refractivity contribution in [2.75, 3.05) is 13.7 Å². The standard InChI is InChI=1S/C22H26N2O5S/c1-14-6-8-16(13-17(14)21(25)28-5)30(26,27)23-11-10-20-24-18-12-15(22(2,3)4)7-9-19(18)29-20/h6-9,12-13,23H,10-11H2,1-5H3. The number of sulfonamides is 1. The van der Waals surface area contributed by atoms with Crippen molar-refractivity contribution in [1.82, 2.24) is 9.71 Å². The van der Waals surface area contributed by atoms with E-state index in [-0.39, 0.29) is 22.4 Å². The topological polar surface area (TPSA) is 98.5 Å². The van der Waals surface area contributed by atoms with E-state index in [1.807, 2.05) is 18.2 Å². The summed E-state index contributed by atoms with van der Waals surface area (Å²) in [5, 5.41) is 0. The molecule has 1 N–H and O–H groups in total. The van der Waals surface area contributed by atoms with Crippen LogP contribution in [-0.4, -0.2) is 33.0 Å². The molecule has 0 spiro atoms. The van der Waals surface area contributed by atoms with E-state index < -0.39 is 16.0 Å². The van der Waals surface area contributed by atoms with Gasteiger partial charge in [0.05, 0.1) is 17.6 Å². The maximum atomic E-state index is 12.6. The first-order valence-corrected chi connectivity index (χ1v) is 11.1. The highest BCUT2D eigenvalue weighted by atomic mass is 32.2. The molecule has 0 unspecified atom stereocenters. The largest absolute Gasteiger partial charge is 0.465 e. The van der Waals surface area contributed by atoms with Crippen LogP contribution in [0.2, 0.25) is 0 Å². The summed E-state index contributed by atoms with van der Waals surface area (Å²) < 4.78 is 38.2. The second-order valence-electron chi connectivity index (χ2n) is 8.16. The molecule has 1 heterocycles. The Bertz CT molecular complexity index is 1190. The van der Waals surface area contributed by atoms with Crippen LogP contribution in [0.3, 0.4) is 0 Å². The van der Waals surface area contributed by atoms with Crippen molar-refractivity contribution >= 4 is 27.1 Å². The maximum Gasteiger partial charge on any atom is 0.338 e. The van der Waals surface area contributed by atoms with Gasteiger partial charge in [0.25, 0.3) is 0 Å². The van der Waals surface area contributed by atoms with Crippen molar-refractivity contribution in [3.8, 4) is 0 Å². The van der Waals surface area contributed by atoms with E-state index in [9.17, 15) is 13.2 Å². The van der Waals surface area contributed by atoms with E-state index in [0.29, 0.717) is 23.5 Å². The number of hydrogen-bond donors (Lipinski definition) is 1. The smallest absolute Gasteiger partial charge is 0.338 e. The molecule has 3 rings (SSSR count). The van der Waals surface area contributed by atoms with E-state index in [4.69, 9.17) is 9.15 Å². The average molecular weight is 431 g/mol. The summed E-state index contributed by atoms with van der Waals surface area (Å²) in [4.78, 5) is 16.3. The first-order valence-electron chi connectivity index (χ1n) is 9.60. The summed E-state index contributed by atoms with van der Waals surface area (Å²) in [7, 11) is -2.54. The Morgan fingerprint density at radius 2 is 1.90 bits per heavy atom. The van der Waals surface area contributed by atoms with Gasteiger partial charge < -0.3 is 9.15 Å². The summed E-state index contributed by atoms with van der Waals surface area (Å²) in [6.07, 6.45) is 0.300. The van der Waals surface area contributed by atoms with Crippen LogP contribution >= 0.6 is 0 Å². The van der Waals surface area contributed by atoms with Crippen molar-refractivity contribution in [3.05, 3.63) is 59.0 Å². The van der Waals surface area contributed by atoms with Crippen LogP contribution in [0.5, 0.6) is 0 Å². The highest BCUT2D eigenvalue weighted by Gasteiger charge is 2.19. The predicted molar refractivity (Wildman–Crippen MR) is 114 cm³/mol. The number of rotatable bonds is 6. The number of esters is 1. The lowest BCUT2D eigenvalue weighted by molar-refractivity contribution is 0.0599. The van der Waals surface area contributed by atoms with Crippen LogP contribution in [0.25, 0.3) is 11.1 Å². The quantitative estimate of drug-likeness (QED) is 0.598. The van der Waals surface area contributed by atoms with E-state index in [0.717, 1.165) is 11.1 Å². The molecule has 8 heteroatoms. The molecule has 160 valence electrons. The zero-order chi connectivity index (χ0) is 22.1. The molecule has 0 aliphatic heterocycles. The molecule has 1 aromatic heterocycles. The van der Waals surface area contributed by atoms with Gasteiger partial charge in [-0.05, 0) is 47.7 Å². The number of carbonyl (C=O) groups excluding carboxylic acids is 1. The highest BCUT2D eigenvalue weighted by molar-refractivity contribution is 7.89. The SMILES string of the molecule is COC(=O)c1cc(S(=O)(=O)NCCc2nc3cc(C(C)(C)C)ccc3o2)ccc1C. The molecule has 7 nitrogen and oxygen atoms in total. The number of aromatic nitrogens is 1. The van der Waals surface area contributed by atoms with Crippen molar-refractivity contribution < 1.29 is 22.4 Å². The highest BCUT2D eigenvalue weighted by Crippen LogP contribution is 2.26. The zero-order valence-electron chi connectivity index (χ0n) is 17.8. The Morgan fingerprint density at radius 3 is 2.57 bits per heavy atom. The number of ether oxygens (including phenoxy) is 1. The second kappa shape index (κ2) is 8.20. The normalized spacial score (nSPS) is 12.3. The summed E-state index contributed by atoms with van der Waals surface area (Å²) in [6.45, 7) is 8.21. The van der Waals surface area contributed by atoms with Gasteiger partial charge in [0.2, 0.25) is 10.0 Å². The van der Waals surface area contributed by atoms with E-state index in [1.54, 1.807) is 13.0 Å². The molecule has 0 saturated carbocycles. The Kier molecular flexibility index (Phi) is 6.01. The van der Waals surface area contributed by atoms with Gasteiger partial charge in [0, 0.05) is 13.0 Å².